The number of hydrogen-bond donors (Lipinski definition) is 1. The molecule has 1 atom stereocenters. The fourth-order valence-electron chi connectivity index (χ4n) is 3.32. The van der Waals surface area contributed by atoms with Crippen LogP contribution < -0.4 is 10.2 Å². The zero-order valence-corrected chi connectivity index (χ0v) is 14.4. The van der Waals surface area contributed by atoms with E-state index < -0.39 is 0 Å². The molecule has 0 aliphatic carbocycles. The van der Waals surface area contributed by atoms with Crippen LogP contribution in [0.2, 0.25) is 5.02 Å². The summed E-state index contributed by atoms with van der Waals surface area (Å²) in [7, 11) is 0. The van der Waals surface area contributed by atoms with Crippen LogP contribution >= 0.6 is 11.6 Å². The van der Waals surface area contributed by atoms with Crippen molar-refractivity contribution in [3.63, 3.8) is 0 Å². The van der Waals surface area contributed by atoms with Crippen molar-refractivity contribution in [2.24, 2.45) is 5.92 Å². The number of fused-ring (bicyclic) bond motifs is 1. The SMILES string of the molecule is Fc1c(N2CCC(CNc3ccccn3)C2)ccc2c(Cl)ccnc12. The third-order valence-corrected chi connectivity index (χ3v) is 4.97. The maximum absolute atomic E-state index is 14.9. The summed E-state index contributed by atoms with van der Waals surface area (Å²) in [6.07, 6.45) is 4.33. The molecule has 1 aliphatic rings. The van der Waals surface area contributed by atoms with Gasteiger partial charge in [0.05, 0.1) is 10.7 Å². The van der Waals surface area contributed by atoms with Gasteiger partial charge in [0.25, 0.3) is 0 Å². The zero-order valence-electron chi connectivity index (χ0n) is 13.6. The van der Waals surface area contributed by atoms with E-state index in [4.69, 9.17) is 11.6 Å². The second-order valence-corrected chi connectivity index (χ2v) is 6.69. The molecule has 128 valence electrons. The zero-order chi connectivity index (χ0) is 17.2. The Morgan fingerprint density at radius 1 is 1.16 bits per heavy atom. The molecule has 2 aromatic heterocycles. The summed E-state index contributed by atoms with van der Waals surface area (Å²) >= 11 is 6.13. The van der Waals surface area contributed by atoms with Crippen LogP contribution in [0, 0.1) is 11.7 Å². The Morgan fingerprint density at radius 3 is 2.92 bits per heavy atom. The number of hydrogen-bond acceptors (Lipinski definition) is 4. The van der Waals surface area contributed by atoms with E-state index in [1.54, 1.807) is 24.5 Å². The van der Waals surface area contributed by atoms with Crippen LogP contribution in [0.4, 0.5) is 15.9 Å². The van der Waals surface area contributed by atoms with Crippen LogP contribution in [0.5, 0.6) is 0 Å². The standard InChI is InChI=1S/C19H18ClFN4/c20-15-6-9-23-19-14(15)4-5-16(18(19)21)25-10-7-13(12-25)11-24-17-3-1-2-8-22-17/h1-6,8-9,13H,7,10-12H2,(H,22,24). The normalized spacial score (nSPS) is 17.2. The number of halogens is 2. The van der Waals surface area contributed by atoms with Gasteiger partial charge < -0.3 is 10.2 Å². The molecule has 4 rings (SSSR count). The van der Waals surface area contributed by atoms with Gasteiger partial charge in [-0.15, -0.1) is 0 Å². The minimum atomic E-state index is -0.293. The first-order valence-electron chi connectivity index (χ1n) is 8.35. The van der Waals surface area contributed by atoms with Crippen LogP contribution in [0.25, 0.3) is 10.9 Å². The molecule has 25 heavy (non-hydrogen) atoms. The Bertz CT molecular complexity index is 887. The van der Waals surface area contributed by atoms with E-state index in [1.165, 1.54) is 0 Å². The van der Waals surface area contributed by atoms with Gasteiger partial charge in [-0.1, -0.05) is 17.7 Å². The molecule has 1 N–H and O–H groups in total. The fourth-order valence-corrected chi connectivity index (χ4v) is 3.53. The highest BCUT2D eigenvalue weighted by molar-refractivity contribution is 6.35. The lowest BCUT2D eigenvalue weighted by Gasteiger charge is -2.20. The van der Waals surface area contributed by atoms with Crippen molar-refractivity contribution < 1.29 is 4.39 Å². The van der Waals surface area contributed by atoms with E-state index in [1.807, 2.05) is 24.3 Å². The maximum atomic E-state index is 14.9. The number of nitrogens with one attached hydrogen (secondary N) is 1. The van der Waals surface area contributed by atoms with Gasteiger partial charge in [0.1, 0.15) is 11.3 Å². The monoisotopic (exact) mass is 356 g/mol. The molecule has 6 heteroatoms. The van der Waals surface area contributed by atoms with Crippen molar-refractivity contribution in [2.45, 2.75) is 6.42 Å². The maximum Gasteiger partial charge on any atom is 0.172 e. The Balaban J connectivity index is 1.48. The molecule has 1 fully saturated rings. The van der Waals surface area contributed by atoms with Crippen molar-refractivity contribution in [1.82, 2.24) is 9.97 Å². The largest absolute Gasteiger partial charge is 0.370 e. The Kier molecular flexibility index (Phi) is 4.40. The van der Waals surface area contributed by atoms with Crippen molar-refractivity contribution in [1.29, 1.82) is 0 Å². The molecule has 3 aromatic rings. The lowest BCUT2D eigenvalue weighted by atomic mass is 10.1. The van der Waals surface area contributed by atoms with Crippen molar-refractivity contribution in [2.75, 3.05) is 29.9 Å². The highest BCUT2D eigenvalue weighted by atomic mass is 35.5. The number of pyridine rings is 2. The van der Waals surface area contributed by atoms with Crippen LogP contribution in [0.1, 0.15) is 6.42 Å². The predicted molar refractivity (Wildman–Crippen MR) is 99.8 cm³/mol. The fraction of sp³-hybridized carbons (Fsp3) is 0.263. The van der Waals surface area contributed by atoms with E-state index in [-0.39, 0.29) is 5.82 Å². The van der Waals surface area contributed by atoms with Crippen LogP contribution in [-0.4, -0.2) is 29.6 Å². The van der Waals surface area contributed by atoms with Gasteiger partial charge in [0.15, 0.2) is 5.82 Å². The molecular formula is C19H18ClFN4. The van der Waals surface area contributed by atoms with E-state index in [0.717, 1.165) is 31.9 Å². The summed E-state index contributed by atoms with van der Waals surface area (Å²) in [5.74, 6) is 1.03. The average molecular weight is 357 g/mol. The van der Waals surface area contributed by atoms with Crippen LogP contribution in [0.15, 0.2) is 48.8 Å². The first-order valence-corrected chi connectivity index (χ1v) is 8.73. The summed E-state index contributed by atoms with van der Waals surface area (Å²) in [6.45, 7) is 2.47. The van der Waals surface area contributed by atoms with E-state index in [0.29, 0.717) is 27.5 Å². The summed E-state index contributed by atoms with van der Waals surface area (Å²) in [5, 5.41) is 4.52. The molecule has 4 nitrogen and oxygen atoms in total. The number of rotatable bonds is 4. The Hall–Kier alpha value is -2.40. The summed E-state index contributed by atoms with van der Waals surface area (Å²) in [4.78, 5) is 10.5. The first-order chi connectivity index (χ1) is 12.2. The van der Waals surface area contributed by atoms with Crippen molar-refractivity contribution in [3.05, 3.63) is 59.6 Å². The molecule has 0 spiro atoms. The highest BCUT2D eigenvalue weighted by Gasteiger charge is 2.25. The molecule has 1 saturated heterocycles. The van der Waals surface area contributed by atoms with Crippen molar-refractivity contribution in [3.8, 4) is 0 Å². The third-order valence-electron chi connectivity index (χ3n) is 4.64. The number of anilines is 2. The third kappa shape index (κ3) is 3.24. The number of aromatic nitrogens is 2. The summed E-state index contributed by atoms with van der Waals surface area (Å²) in [5.41, 5.74) is 0.933. The minimum Gasteiger partial charge on any atom is -0.370 e. The van der Waals surface area contributed by atoms with Gasteiger partial charge in [-0.2, -0.15) is 0 Å². The summed E-state index contributed by atoms with van der Waals surface area (Å²) in [6, 6.07) is 11.1. The smallest absolute Gasteiger partial charge is 0.172 e. The molecule has 0 saturated carbocycles. The van der Waals surface area contributed by atoms with Gasteiger partial charge >= 0.3 is 0 Å². The molecule has 1 aliphatic heterocycles. The molecule has 3 heterocycles. The number of benzene rings is 1. The summed E-state index contributed by atoms with van der Waals surface area (Å²) < 4.78 is 14.9. The second kappa shape index (κ2) is 6.84. The Morgan fingerprint density at radius 2 is 2.08 bits per heavy atom. The molecule has 1 aromatic carbocycles. The molecule has 0 bridgehead atoms. The van der Waals surface area contributed by atoms with E-state index >= 15 is 0 Å². The highest BCUT2D eigenvalue weighted by Crippen LogP contribution is 2.32. The number of nitrogens with zero attached hydrogens (tertiary/aromatic N) is 3. The topological polar surface area (TPSA) is 41.0 Å². The Labute approximate surface area is 150 Å². The van der Waals surface area contributed by atoms with Crippen LogP contribution in [-0.2, 0) is 0 Å². The van der Waals surface area contributed by atoms with E-state index in [2.05, 4.69) is 20.2 Å². The minimum absolute atomic E-state index is 0.293. The molecular weight excluding hydrogens is 339 g/mol. The van der Waals surface area contributed by atoms with Crippen LogP contribution in [0.3, 0.4) is 0 Å². The molecule has 1 unspecified atom stereocenters. The average Bonchev–Trinajstić information content (AvgIpc) is 3.11. The van der Waals surface area contributed by atoms with Gasteiger partial charge in [-0.3, -0.25) is 4.98 Å². The first kappa shape index (κ1) is 16.1. The predicted octanol–water partition coefficient (Wildman–Crippen LogP) is 4.36. The van der Waals surface area contributed by atoms with E-state index in [9.17, 15) is 4.39 Å². The van der Waals surface area contributed by atoms with Gasteiger partial charge in [-0.25, -0.2) is 9.37 Å². The van der Waals surface area contributed by atoms with Gasteiger partial charge in [0, 0.05) is 37.4 Å². The van der Waals surface area contributed by atoms with Crippen molar-refractivity contribution >= 4 is 34.0 Å². The lowest BCUT2D eigenvalue weighted by Crippen LogP contribution is -2.23. The van der Waals surface area contributed by atoms with Gasteiger partial charge in [-0.05, 0) is 42.7 Å². The van der Waals surface area contributed by atoms with Gasteiger partial charge in [0.2, 0.25) is 0 Å². The second-order valence-electron chi connectivity index (χ2n) is 6.28. The quantitative estimate of drug-likeness (QED) is 0.754. The molecule has 0 radical (unpaired) electrons. The lowest BCUT2D eigenvalue weighted by molar-refractivity contribution is 0.613. The molecule has 0 amide bonds.